The van der Waals surface area contributed by atoms with E-state index >= 15 is 0 Å². The molecular formula is C7H6O3. The third-order valence-corrected chi connectivity index (χ3v) is 1.53. The van der Waals surface area contributed by atoms with E-state index in [2.05, 4.69) is 0 Å². The lowest BCUT2D eigenvalue weighted by Crippen LogP contribution is -1.78. The number of ether oxygens (including phenoxy) is 1. The van der Waals surface area contributed by atoms with Crippen molar-refractivity contribution < 1.29 is 14.9 Å². The normalized spacial score (nSPS) is 12.1. The second-order valence-corrected chi connectivity index (χ2v) is 2.15. The molecule has 0 radical (unpaired) electrons. The minimum Gasteiger partial charge on any atom is -0.507 e. The molecule has 0 saturated carbocycles. The molecule has 0 saturated heterocycles. The van der Waals surface area contributed by atoms with Gasteiger partial charge in [0, 0.05) is 0 Å². The first kappa shape index (κ1) is 5.56. The molecule has 1 aromatic carbocycles. The lowest BCUT2D eigenvalue weighted by Gasteiger charge is -1.93. The number of hydrogen-bond donors (Lipinski definition) is 2. The standard InChI is InChI=1S/C7H6O3/c8-3-4-5(9)1-2-6-7(4)10-6/h1-2,8-9H,3H2. The van der Waals surface area contributed by atoms with Gasteiger partial charge < -0.3 is 14.9 Å². The molecule has 0 spiro atoms. The first-order valence-electron chi connectivity index (χ1n) is 2.96. The molecule has 52 valence electrons. The lowest BCUT2D eigenvalue weighted by atomic mass is 10.2. The fourth-order valence-electron chi connectivity index (χ4n) is 0.929. The highest BCUT2D eigenvalue weighted by Gasteiger charge is 2.26. The van der Waals surface area contributed by atoms with Crippen molar-refractivity contribution in [2.24, 2.45) is 0 Å². The van der Waals surface area contributed by atoms with Gasteiger partial charge in [0.25, 0.3) is 0 Å². The van der Waals surface area contributed by atoms with Crippen LogP contribution >= 0.6 is 0 Å². The molecule has 0 bridgehead atoms. The molecule has 2 N–H and O–H groups in total. The molecule has 3 nitrogen and oxygen atoms in total. The maximum Gasteiger partial charge on any atom is 0.179 e. The minimum absolute atomic E-state index is 0.0961. The SMILES string of the molecule is OCc1c(O)ccc2c1O2. The van der Waals surface area contributed by atoms with Gasteiger partial charge in [0.1, 0.15) is 5.75 Å². The van der Waals surface area contributed by atoms with Crippen LogP contribution in [0.15, 0.2) is 12.1 Å². The van der Waals surface area contributed by atoms with E-state index in [1.165, 1.54) is 6.07 Å². The number of fused-ring (bicyclic) bond motifs is 1. The van der Waals surface area contributed by atoms with Crippen molar-refractivity contribution in [1.29, 1.82) is 0 Å². The van der Waals surface area contributed by atoms with Gasteiger partial charge in [-0.05, 0) is 12.1 Å². The van der Waals surface area contributed by atoms with Gasteiger partial charge in [-0.3, -0.25) is 0 Å². The highest BCUT2D eigenvalue weighted by Crippen LogP contribution is 2.50. The van der Waals surface area contributed by atoms with Crippen molar-refractivity contribution in [2.45, 2.75) is 6.61 Å². The lowest BCUT2D eigenvalue weighted by molar-refractivity contribution is 0.274. The van der Waals surface area contributed by atoms with Crippen molar-refractivity contribution in [2.75, 3.05) is 0 Å². The van der Waals surface area contributed by atoms with Gasteiger partial charge in [-0.25, -0.2) is 0 Å². The summed E-state index contributed by atoms with van der Waals surface area (Å²) in [7, 11) is 0. The summed E-state index contributed by atoms with van der Waals surface area (Å²) in [5.41, 5.74) is 0.484. The van der Waals surface area contributed by atoms with Crippen LogP contribution < -0.4 is 4.74 Å². The molecule has 0 aromatic heterocycles. The highest BCUT2D eigenvalue weighted by atomic mass is 16.6. The molecule has 0 atom stereocenters. The quantitative estimate of drug-likeness (QED) is 0.578. The first-order valence-corrected chi connectivity index (χ1v) is 2.96. The molecular weight excluding hydrogens is 132 g/mol. The van der Waals surface area contributed by atoms with Gasteiger partial charge in [0.2, 0.25) is 0 Å². The molecule has 0 aliphatic carbocycles. The summed E-state index contributed by atoms with van der Waals surface area (Å²) in [6.45, 7) is -0.172. The fraction of sp³-hybridized carbons (Fsp3) is 0.143. The molecule has 3 heteroatoms. The Morgan fingerprint density at radius 3 is 2.80 bits per heavy atom. The monoisotopic (exact) mass is 138 g/mol. The second-order valence-electron chi connectivity index (χ2n) is 2.15. The number of aliphatic hydroxyl groups excluding tert-OH is 1. The van der Waals surface area contributed by atoms with Crippen molar-refractivity contribution in [3.8, 4) is 17.2 Å². The van der Waals surface area contributed by atoms with E-state index in [0.717, 1.165) is 5.75 Å². The zero-order valence-electron chi connectivity index (χ0n) is 5.16. The number of aromatic hydroxyl groups is 1. The summed E-state index contributed by atoms with van der Waals surface area (Å²) in [4.78, 5) is 0. The van der Waals surface area contributed by atoms with Gasteiger partial charge in [-0.2, -0.15) is 0 Å². The van der Waals surface area contributed by atoms with E-state index in [9.17, 15) is 0 Å². The Labute approximate surface area is 57.5 Å². The molecule has 1 aliphatic rings. The van der Waals surface area contributed by atoms with Crippen LogP contribution in [0.1, 0.15) is 5.56 Å². The van der Waals surface area contributed by atoms with E-state index < -0.39 is 0 Å². The Kier molecular flexibility index (Phi) is 0.910. The van der Waals surface area contributed by atoms with Gasteiger partial charge in [0.05, 0.1) is 12.2 Å². The van der Waals surface area contributed by atoms with Crippen LogP contribution in [-0.2, 0) is 6.61 Å². The topological polar surface area (TPSA) is 53.0 Å². The summed E-state index contributed by atoms with van der Waals surface area (Å²) in [5.74, 6) is 1.48. The third-order valence-electron chi connectivity index (χ3n) is 1.53. The van der Waals surface area contributed by atoms with Crippen LogP contribution in [0.5, 0.6) is 17.2 Å². The van der Waals surface area contributed by atoms with Crippen molar-refractivity contribution in [3.63, 3.8) is 0 Å². The molecule has 1 aliphatic heterocycles. The number of rotatable bonds is 1. The number of hydrogen-bond acceptors (Lipinski definition) is 3. The average molecular weight is 138 g/mol. The molecule has 10 heavy (non-hydrogen) atoms. The molecule has 2 rings (SSSR count). The van der Waals surface area contributed by atoms with E-state index in [-0.39, 0.29) is 12.4 Å². The Hall–Kier alpha value is -1.22. The fourth-order valence-corrected chi connectivity index (χ4v) is 0.929. The molecule has 0 unspecified atom stereocenters. The maximum atomic E-state index is 9.08. The van der Waals surface area contributed by atoms with Crippen LogP contribution in [0.3, 0.4) is 0 Å². The predicted molar refractivity (Wildman–Crippen MR) is 34.1 cm³/mol. The van der Waals surface area contributed by atoms with Crippen LogP contribution in [-0.4, -0.2) is 10.2 Å². The molecule has 0 amide bonds. The van der Waals surface area contributed by atoms with E-state index in [1.807, 2.05) is 0 Å². The summed E-state index contributed by atoms with van der Waals surface area (Å²) >= 11 is 0. The van der Waals surface area contributed by atoms with Gasteiger partial charge in [-0.1, -0.05) is 0 Å². The maximum absolute atomic E-state index is 9.08. The summed E-state index contributed by atoms with van der Waals surface area (Å²) in [6, 6.07) is 3.18. The Bertz CT molecular complexity index is 277. The zero-order valence-corrected chi connectivity index (χ0v) is 5.16. The van der Waals surface area contributed by atoms with Crippen molar-refractivity contribution in [1.82, 2.24) is 0 Å². The summed E-state index contributed by atoms with van der Waals surface area (Å²) < 4.78 is 4.92. The van der Waals surface area contributed by atoms with E-state index in [4.69, 9.17) is 14.9 Å². The van der Waals surface area contributed by atoms with Crippen molar-refractivity contribution >= 4 is 0 Å². The predicted octanol–water partition coefficient (Wildman–Crippen LogP) is 0.990. The molecule has 1 aromatic rings. The number of benzene rings is 1. The minimum atomic E-state index is -0.172. The van der Waals surface area contributed by atoms with Crippen LogP contribution in [0, 0.1) is 0 Å². The second kappa shape index (κ2) is 1.64. The molecule has 0 fully saturated rings. The van der Waals surface area contributed by atoms with E-state index in [1.54, 1.807) is 6.07 Å². The summed E-state index contributed by atoms with van der Waals surface area (Å²) in [6.07, 6.45) is 0. The Balaban J connectivity index is 2.57. The van der Waals surface area contributed by atoms with Crippen LogP contribution in [0.4, 0.5) is 0 Å². The zero-order chi connectivity index (χ0) is 7.14. The van der Waals surface area contributed by atoms with Gasteiger partial charge in [0.15, 0.2) is 11.5 Å². The largest absolute Gasteiger partial charge is 0.507 e. The third kappa shape index (κ3) is 0.579. The van der Waals surface area contributed by atoms with Gasteiger partial charge in [-0.15, -0.1) is 0 Å². The highest BCUT2D eigenvalue weighted by molar-refractivity contribution is 5.63. The summed E-state index contributed by atoms with van der Waals surface area (Å²) in [5, 5.41) is 17.8. The molecule has 1 heterocycles. The first-order chi connectivity index (χ1) is 4.83. The van der Waals surface area contributed by atoms with E-state index in [0.29, 0.717) is 11.3 Å². The smallest absolute Gasteiger partial charge is 0.179 e. The van der Waals surface area contributed by atoms with Gasteiger partial charge >= 0.3 is 0 Å². The van der Waals surface area contributed by atoms with Crippen molar-refractivity contribution in [3.05, 3.63) is 17.7 Å². The number of aliphatic hydroxyl groups is 1. The Morgan fingerprint density at radius 1 is 1.40 bits per heavy atom. The van der Waals surface area contributed by atoms with Crippen LogP contribution in [0.25, 0.3) is 0 Å². The Morgan fingerprint density at radius 2 is 2.20 bits per heavy atom. The number of phenols is 1. The average Bonchev–Trinajstić information content (AvgIpc) is 2.66. The van der Waals surface area contributed by atoms with Crippen LogP contribution in [0.2, 0.25) is 0 Å².